The quantitative estimate of drug-likeness (QED) is 0.169. The molecular weight excluding hydrogens is 731 g/mol. The molecule has 0 saturated carbocycles. The van der Waals surface area contributed by atoms with Crippen LogP contribution in [-0.2, 0) is 0 Å². The summed E-state index contributed by atoms with van der Waals surface area (Å²) in [5, 5.41) is 7.01. The maximum Gasteiger partial charge on any atom is 0.238 e. The summed E-state index contributed by atoms with van der Waals surface area (Å²) >= 11 is 0. The van der Waals surface area contributed by atoms with Crippen LogP contribution in [0.25, 0.3) is 111 Å². The Kier molecular flexibility index (Phi) is 7.78. The molecule has 0 aliphatic heterocycles. The highest BCUT2D eigenvalue weighted by molar-refractivity contribution is 6.23. The fourth-order valence-corrected chi connectivity index (χ4v) is 9.04. The third-order valence-electron chi connectivity index (χ3n) is 11.8. The lowest BCUT2D eigenvalue weighted by atomic mass is 9.97. The van der Waals surface area contributed by atoms with Crippen molar-refractivity contribution in [3.8, 4) is 56.7 Å². The van der Waals surface area contributed by atoms with E-state index >= 15 is 0 Å². The van der Waals surface area contributed by atoms with E-state index in [4.69, 9.17) is 15.0 Å². The zero-order valence-corrected chi connectivity index (χ0v) is 32.4. The van der Waals surface area contributed by atoms with Gasteiger partial charge in [0.25, 0.3) is 0 Å². The first-order chi connectivity index (χ1) is 29.8. The van der Waals surface area contributed by atoms with E-state index in [2.05, 4.69) is 203 Å². The van der Waals surface area contributed by atoms with Crippen LogP contribution in [-0.4, -0.2) is 24.1 Å². The lowest BCUT2D eigenvalue weighted by molar-refractivity contribution is 0.953. The summed E-state index contributed by atoms with van der Waals surface area (Å²) in [5.41, 5.74) is 11.8. The first-order valence-electron chi connectivity index (χ1n) is 20.3. The van der Waals surface area contributed by atoms with Crippen molar-refractivity contribution in [2.75, 3.05) is 0 Å². The van der Waals surface area contributed by atoms with E-state index in [0.29, 0.717) is 17.6 Å². The molecule has 0 radical (unpaired) electrons. The highest BCUT2D eigenvalue weighted by atomic mass is 15.2. The Morgan fingerprint density at radius 1 is 0.300 bits per heavy atom. The van der Waals surface area contributed by atoms with Crippen LogP contribution < -0.4 is 0 Å². The Hall–Kier alpha value is -8.15. The van der Waals surface area contributed by atoms with Gasteiger partial charge in [0.15, 0.2) is 11.6 Å². The monoisotopic (exact) mass is 765 g/mol. The zero-order valence-electron chi connectivity index (χ0n) is 32.4. The topological polar surface area (TPSA) is 48.5 Å². The number of benzene rings is 9. The Morgan fingerprint density at radius 2 is 0.817 bits per heavy atom. The summed E-state index contributed by atoms with van der Waals surface area (Å²) < 4.78 is 4.68. The maximum atomic E-state index is 5.42. The smallest absolute Gasteiger partial charge is 0.238 e. The number of nitrogens with zero attached hydrogens (tertiary/aromatic N) is 5. The molecule has 0 N–H and O–H groups in total. The van der Waals surface area contributed by atoms with Crippen molar-refractivity contribution >= 4 is 54.4 Å². The molecule has 5 nitrogen and oxygen atoms in total. The van der Waals surface area contributed by atoms with Crippen molar-refractivity contribution in [3.05, 3.63) is 212 Å². The van der Waals surface area contributed by atoms with Gasteiger partial charge in [0.1, 0.15) is 0 Å². The Bertz CT molecular complexity index is 3600. The van der Waals surface area contributed by atoms with Crippen LogP contribution in [0, 0.1) is 0 Å². The normalized spacial score (nSPS) is 11.7. The number of fused-ring (bicyclic) bond motifs is 8. The molecular formula is C55H35N5. The average Bonchev–Trinajstić information content (AvgIpc) is 3.85. The van der Waals surface area contributed by atoms with Gasteiger partial charge in [0.05, 0.1) is 22.1 Å². The molecule has 0 aliphatic rings. The van der Waals surface area contributed by atoms with Gasteiger partial charge in [0.2, 0.25) is 5.95 Å². The second-order valence-electron chi connectivity index (χ2n) is 15.2. The number of hydrogen-bond acceptors (Lipinski definition) is 3. The van der Waals surface area contributed by atoms with Crippen LogP contribution in [0.15, 0.2) is 212 Å². The van der Waals surface area contributed by atoms with Crippen LogP contribution >= 0.6 is 0 Å². The van der Waals surface area contributed by atoms with Gasteiger partial charge in [0, 0.05) is 38.4 Å². The molecule has 60 heavy (non-hydrogen) atoms. The Morgan fingerprint density at radius 3 is 1.57 bits per heavy atom. The SMILES string of the molecule is c1ccc(-c2cccc(-n3c4ccccc4c4ccc5c6ccccc6n(-c6nc(-c7ccccc7)nc(-c7cccc(-c8cccc9ccccc89)c7)n6)c5c43)c2)cc1. The standard InChI is InChI=1S/C55H35N5/c1-3-16-36(17-4-1)39-22-14-25-42(35-39)59-49-30-11-9-27-45(49)47-32-33-48-46-28-10-12-31-50(46)60(52(48)51(47)59)55-57-53(38-19-5-2-6-20-38)56-54(58-55)41-24-13-23-40(34-41)44-29-15-21-37-18-7-8-26-43(37)44/h1-35H. The average molecular weight is 766 g/mol. The minimum atomic E-state index is 0.558. The van der Waals surface area contributed by atoms with E-state index in [9.17, 15) is 0 Å². The predicted octanol–water partition coefficient (Wildman–Crippen LogP) is 13.9. The lowest BCUT2D eigenvalue weighted by Crippen LogP contribution is -2.07. The van der Waals surface area contributed by atoms with E-state index < -0.39 is 0 Å². The van der Waals surface area contributed by atoms with Crippen molar-refractivity contribution < 1.29 is 0 Å². The van der Waals surface area contributed by atoms with Crippen molar-refractivity contribution in [2.24, 2.45) is 0 Å². The largest absolute Gasteiger partial charge is 0.307 e. The van der Waals surface area contributed by atoms with Gasteiger partial charge in [-0.05, 0) is 63.4 Å². The van der Waals surface area contributed by atoms with Gasteiger partial charge >= 0.3 is 0 Å². The van der Waals surface area contributed by atoms with Gasteiger partial charge in [-0.1, -0.05) is 182 Å². The summed E-state index contributed by atoms with van der Waals surface area (Å²) in [4.78, 5) is 16.0. The molecule has 3 heterocycles. The molecule has 3 aromatic heterocycles. The molecule has 0 saturated heterocycles. The molecule has 0 fully saturated rings. The summed E-state index contributed by atoms with van der Waals surface area (Å²) in [7, 11) is 0. The molecule has 280 valence electrons. The molecule has 9 aromatic carbocycles. The van der Waals surface area contributed by atoms with Crippen LogP contribution in [0.5, 0.6) is 0 Å². The highest BCUT2D eigenvalue weighted by Crippen LogP contribution is 2.42. The zero-order chi connectivity index (χ0) is 39.6. The number of hydrogen-bond donors (Lipinski definition) is 0. The van der Waals surface area contributed by atoms with Crippen LogP contribution in [0.1, 0.15) is 0 Å². The molecule has 12 aromatic rings. The van der Waals surface area contributed by atoms with E-state index in [1.807, 2.05) is 18.2 Å². The fourth-order valence-electron chi connectivity index (χ4n) is 9.04. The lowest BCUT2D eigenvalue weighted by Gasteiger charge is -2.14. The molecule has 12 rings (SSSR count). The van der Waals surface area contributed by atoms with E-state index in [0.717, 1.165) is 66.2 Å². The molecule has 0 amide bonds. The third kappa shape index (κ3) is 5.44. The molecule has 0 bridgehead atoms. The molecule has 5 heteroatoms. The molecule has 0 spiro atoms. The van der Waals surface area contributed by atoms with Gasteiger partial charge in [-0.3, -0.25) is 4.57 Å². The Balaban J connectivity index is 1.16. The van der Waals surface area contributed by atoms with Crippen LogP contribution in [0.2, 0.25) is 0 Å². The number of aromatic nitrogens is 5. The summed E-state index contributed by atoms with van der Waals surface area (Å²) in [6, 6.07) is 75.1. The van der Waals surface area contributed by atoms with Crippen molar-refractivity contribution in [3.63, 3.8) is 0 Å². The van der Waals surface area contributed by atoms with E-state index in [-0.39, 0.29) is 0 Å². The second-order valence-corrected chi connectivity index (χ2v) is 15.2. The van der Waals surface area contributed by atoms with Crippen molar-refractivity contribution in [1.29, 1.82) is 0 Å². The third-order valence-corrected chi connectivity index (χ3v) is 11.8. The first-order valence-corrected chi connectivity index (χ1v) is 20.3. The maximum absolute atomic E-state index is 5.42. The molecule has 0 unspecified atom stereocenters. The van der Waals surface area contributed by atoms with Gasteiger partial charge < -0.3 is 4.57 Å². The highest BCUT2D eigenvalue weighted by Gasteiger charge is 2.24. The van der Waals surface area contributed by atoms with Crippen molar-refractivity contribution in [2.45, 2.75) is 0 Å². The number of rotatable bonds is 6. The van der Waals surface area contributed by atoms with E-state index in [1.165, 1.54) is 27.3 Å². The minimum Gasteiger partial charge on any atom is -0.307 e. The minimum absolute atomic E-state index is 0.558. The van der Waals surface area contributed by atoms with Gasteiger partial charge in [-0.25, -0.2) is 4.98 Å². The molecule has 0 aliphatic carbocycles. The van der Waals surface area contributed by atoms with Crippen LogP contribution in [0.3, 0.4) is 0 Å². The fraction of sp³-hybridized carbons (Fsp3) is 0. The predicted molar refractivity (Wildman–Crippen MR) is 248 cm³/mol. The van der Waals surface area contributed by atoms with Crippen LogP contribution in [0.4, 0.5) is 0 Å². The first kappa shape index (κ1) is 33.9. The second kappa shape index (κ2) is 13.8. The Labute approximate surface area is 346 Å². The van der Waals surface area contributed by atoms with Gasteiger partial charge in [-0.15, -0.1) is 0 Å². The number of para-hydroxylation sites is 2. The summed E-state index contributed by atoms with van der Waals surface area (Å²) in [6.07, 6.45) is 0. The van der Waals surface area contributed by atoms with E-state index in [1.54, 1.807) is 0 Å². The summed E-state index contributed by atoms with van der Waals surface area (Å²) in [5.74, 6) is 1.78. The molecule has 0 atom stereocenters. The van der Waals surface area contributed by atoms with Gasteiger partial charge in [-0.2, -0.15) is 9.97 Å². The summed E-state index contributed by atoms with van der Waals surface area (Å²) in [6.45, 7) is 0. The van der Waals surface area contributed by atoms with Crippen molar-refractivity contribution in [1.82, 2.24) is 24.1 Å².